The van der Waals surface area contributed by atoms with Crippen LogP contribution in [-0.2, 0) is 11.3 Å². The third-order valence-electron chi connectivity index (χ3n) is 1.92. The summed E-state index contributed by atoms with van der Waals surface area (Å²) in [5.74, 6) is 0. The summed E-state index contributed by atoms with van der Waals surface area (Å²) >= 11 is 0. The van der Waals surface area contributed by atoms with Crippen LogP contribution in [0.4, 0.5) is 0 Å². The minimum atomic E-state index is 0.494. The predicted molar refractivity (Wildman–Crippen MR) is 53.6 cm³/mol. The molecule has 0 N–H and O–H groups in total. The normalized spacial score (nSPS) is 10.4. The molecule has 0 spiro atoms. The molecule has 0 aliphatic carbocycles. The molecular formula is C11H15NO. The van der Waals surface area contributed by atoms with Gasteiger partial charge >= 0.3 is 0 Å². The number of aryl methyl sites for hydroxylation is 1. The lowest BCUT2D eigenvalue weighted by Gasteiger charge is -2.12. The second-order valence-electron chi connectivity index (χ2n) is 3.35. The fraction of sp³-hybridized carbons (Fsp3) is 0.364. The molecule has 1 aromatic carbocycles. The number of rotatable bonds is 4. The van der Waals surface area contributed by atoms with E-state index in [1.54, 1.807) is 0 Å². The molecule has 13 heavy (non-hydrogen) atoms. The van der Waals surface area contributed by atoms with Crippen LogP contribution in [0.15, 0.2) is 24.3 Å². The Morgan fingerprint density at radius 1 is 1.46 bits per heavy atom. The second-order valence-corrected chi connectivity index (χ2v) is 3.35. The van der Waals surface area contributed by atoms with E-state index in [0.29, 0.717) is 6.54 Å². The molecule has 0 saturated heterocycles. The maximum absolute atomic E-state index is 10.2. The van der Waals surface area contributed by atoms with Crippen molar-refractivity contribution in [2.75, 3.05) is 13.6 Å². The van der Waals surface area contributed by atoms with E-state index >= 15 is 0 Å². The van der Waals surface area contributed by atoms with Gasteiger partial charge in [-0.25, -0.2) is 0 Å². The smallest absolute Gasteiger partial charge is 0.133 e. The number of likely N-dealkylation sites (N-methyl/N-ethyl adjacent to an activating group) is 1. The Hall–Kier alpha value is -1.15. The summed E-state index contributed by atoms with van der Waals surface area (Å²) in [4.78, 5) is 12.2. The van der Waals surface area contributed by atoms with Crippen LogP contribution in [0.5, 0.6) is 0 Å². The van der Waals surface area contributed by atoms with Crippen molar-refractivity contribution >= 4 is 6.29 Å². The van der Waals surface area contributed by atoms with Gasteiger partial charge in [0.2, 0.25) is 0 Å². The van der Waals surface area contributed by atoms with Gasteiger partial charge in [0.1, 0.15) is 6.29 Å². The zero-order valence-electron chi connectivity index (χ0n) is 8.16. The van der Waals surface area contributed by atoms with E-state index in [2.05, 4.69) is 25.1 Å². The lowest BCUT2D eigenvalue weighted by Crippen LogP contribution is -2.19. The van der Waals surface area contributed by atoms with Crippen LogP contribution in [-0.4, -0.2) is 24.8 Å². The van der Waals surface area contributed by atoms with Crippen LogP contribution in [0, 0.1) is 6.92 Å². The van der Waals surface area contributed by atoms with E-state index in [9.17, 15) is 4.79 Å². The van der Waals surface area contributed by atoms with E-state index in [4.69, 9.17) is 0 Å². The number of carbonyl (C=O) groups is 1. The standard InChI is InChI=1S/C11H15NO/c1-10-4-3-5-11(8-10)9-12(2)6-7-13/h3-5,7-8H,6,9H2,1-2H3. The third kappa shape index (κ3) is 3.38. The molecule has 70 valence electrons. The van der Waals surface area contributed by atoms with E-state index in [0.717, 1.165) is 12.8 Å². The molecule has 0 saturated carbocycles. The van der Waals surface area contributed by atoms with Crippen molar-refractivity contribution in [3.63, 3.8) is 0 Å². The van der Waals surface area contributed by atoms with Crippen molar-refractivity contribution in [2.45, 2.75) is 13.5 Å². The zero-order valence-corrected chi connectivity index (χ0v) is 8.16. The Morgan fingerprint density at radius 3 is 2.85 bits per heavy atom. The predicted octanol–water partition coefficient (Wildman–Crippen LogP) is 1.63. The molecule has 1 rings (SSSR count). The van der Waals surface area contributed by atoms with Gasteiger partial charge in [-0.1, -0.05) is 29.8 Å². The average molecular weight is 177 g/mol. The zero-order chi connectivity index (χ0) is 9.68. The second kappa shape index (κ2) is 4.77. The minimum Gasteiger partial charge on any atom is -0.302 e. The van der Waals surface area contributed by atoms with Crippen LogP contribution in [0.1, 0.15) is 11.1 Å². The highest BCUT2D eigenvalue weighted by molar-refractivity contribution is 5.51. The molecule has 0 radical (unpaired) electrons. The molecule has 2 nitrogen and oxygen atoms in total. The van der Waals surface area contributed by atoms with Crippen molar-refractivity contribution in [1.29, 1.82) is 0 Å². The van der Waals surface area contributed by atoms with Crippen molar-refractivity contribution in [3.8, 4) is 0 Å². The van der Waals surface area contributed by atoms with Crippen LogP contribution in [0.2, 0.25) is 0 Å². The Balaban J connectivity index is 2.58. The molecule has 0 fully saturated rings. The van der Waals surface area contributed by atoms with Gasteiger partial charge in [-0.3, -0.25) is 4.90 Å². The molecular weight excluding hydrogens is 162 g/mol. The fourth-order valence-electron chi connectivity index (χ4n) is 1.31. The fourth-order valence-corrected chi connectivity index (χ4v) is 1.31. The summed E-state index contributed by atoms with van der Waals surface area (Å²) < 4.78 is 0. The highest BCUT2D eigenvalue weighted by Gasteiger charge is 1.98. The quantitative estimate of drug-likeness (QED) is 0.651. The molecule has 0 aliphatic heterocycles. The molecule has 2 heteroatoms. The maximum Gasteiger partial charge on any atom is 0.133 e. The molecule has 0 atom stereocenters. The first-order valence-corrected chi connectivity index (χ1v) is 4.40. The number of benzene rings is 1. The van der Waals surface area contributed by atoms with E-state index in [1.807, 2.05) is 18.0 Å². The largest absolute Gasteiger partial charge is 0.302 e. The summed E-state index contributed by atoms with van der Waals surface area (Å²) in [5.41, 5.74) is 2.52. The SMILES string of the molecule is Cc1cccc(CN(C)CC=O)c1. The maximum atomic E-state index is 10.2. The number of nitrogens with zero attached hydrogens (tertiary/aromatic N) is 1. The van der Waals surface area contributed by atoms with Gasteiger partial charge in [0.15, 0.2) is 0 Å². The molecule has 1 aromatic rings. The van der Waals surface area contributed by atoms with Gasteiger partial charge < -0.3 is 4.79 Å². The van der Waals surface area contributed by atoms with Crippen molar-refractivity contribution < 1.29 is 4.79 Å². The third-order valence-corrected chi connectivity index (χ3v) is 1.92. The highest BCUT2D eigenvalue weighted by Crippen LogP contribution is 2.05. The van der Waals surface area contributed by atoms with Crippen LogP contribution < -0.4 is 0 Å². The van der Waals surface area contributed by atoms with Crippen LogP contribution in [0.3, 0.4) is 0 Å². The van der Waals surface area contributed by atoms with Gasteiger partial charge in [0.05, 0.1) is 6.54 Å². The van der Waals surface area contributed by atoms with Gasteiger partial charge in [-0.2, -0.15) is 0 Å². The van der Waals surface area contributed by atoms with Crippen molar-refractivity contribution in [2.24, 2.45) is 0 Å². The lowest BCUT2D eigenvalue weighted by molar-refractivity contribution is -0.108. The van der Waals surface area contributed by atoms with Gasteiger partial charge in [-0.15, -0.1) is 0 Å². The molecule has 0 unspecified atom stereocenters. The van der Waals surface area contributed by atoms with Gasteiger partial charge in [0.25, 0.3) is 0 Å². The Morgan fingerprint density at radius 2 is 2.23 bits per heavy atom. The molecule has 0 heterocycles. The number of hydrogen-bond acceptors (Lipinski definition) is 2. The first kappa shape index (κ1) is 9.93. The molecule has 0 aliphatic rings. The van der Waals surface area contributed by atoms with Gasteiger partial charge in [0, 0.05) is 6.54 Å². The first-order valence-electron chi connectivity index (χ1n) is 4.40. The van der Waals surface area contributed by atoms with Crippen LogP contribution in [0.25, 0.3) is 0 Å². The Labute approximate surface area is 79.2 Å². The van der Waals surface area contributed by atoms with E-state index < -0.39 is 0 Å². The van der Waals surface area contributed by atoms with Crippen molar-refractivity contribution in [3.05, 3.63) is 35.4 Å². The lowest BCUT2D eigenvalue weighted by atomic mass is 10.1. The molecule has 0 amide bonds. The monoisotopic (exact) mass is 177 g/mol. The highest BCUT2D eigenvalue weighted by atomic mass is 16.1. The first-order chi connectivity index (χ1) is 6.22. The molecule has 0 bridgehead atoms. The van der Waals surface area contributed by atoms with E-state index in [-0.39, 0.29) is 0 Å². The molecule has 0 aromatic heterocycles. The summed E-state index contributed by atoms with van der Waals surface area (Å²) in [6, 6.07) is 8.33. The summed E-state index contributed by atoms with van der Waals surface area (Å²) in [6.45, 7) is 3.40. The van der Waals surface area contributed by atoms with E-state index in [1.165, 1.54) is 11.1 Å². The Bertz CT molecular complexity index is 283. The summed E-state index contributed by atoms with van der Waals surface area (Å²) in [7, 11) is 1.94. The summed E-state index contributed by atoms with van der Waals surface area (Å²) in [5, 5.41) is 0. The number of aldehydes is 1. The van der Waals surface area contributed by atoms with Gasteiger partial charge in [-0.05, 0) is 19.5 Å². The average Bonchev–Trinajstić information content (AvgIpc) is 2.04. The number of carbonyl (C=O) groups excluding carboxylic acids is 1. The summed E-state index contributed by atoms with van der Waals surface area (Å²) in [6.07, 6.45) is 0.926. The minimum absolute atomic E-state index is 0.494. The van der Waals surface area contributed by atoms with Crippen molar-refractivity contribution in [1.82, 2.24) is 4.90 Å². The Kier molecular flexibility index (Phi) is 3.65. The topological polar surface area (TPSA) is 20.3 Å². The number of hydrogen-bond donors (Lipinski definition) is 0. The van der Waals surface area contributed by atoms with Crippen LogP contribution >= 0.6 is 0 Å².